The number of aryl methyl sites for hydroxylation is 3. The normalized spacial score (nSPS) is 11.4. The van der Waals surface area contributed by atoms with Crippen molar-refractivity contribution < 1.29 is 26.4 Å². The van der Waals surface area contributed by atoms with Crippen LogP contribution in [-0.4, -0.2) is 28.9 Å². The molecule has 0 heterocycles. The number of rotatable bonds is 6. The molecule has 4 N–H and O–H groups in total. The lowest BCUT2D eigenvalue weighted by atomic mass is 10.2. The SMILES string of the molecule is Cc1ccc(S(=O)(=O)NC(=O)Nc2cc(C)cc(NC(=O)NS(=O)(=O)c3ccc(C)cc3)c2)cc1. The van der Waals surface area contributed by atoms with Gasteiger partial charge in [0.05, 0.1) is 9.79 Å². The second-order valence-corrected chi connectivity index (χ2v) is 11.2. The van der Waals surface area contributed by atoms with Crippen LogP contribution in [0.5, 0.6) is 0 Å². The molecule has 12 heteroatoms. The average molecular weight is 517 g/mol. The summed E-state index contributed by atoms with van der Waals surface area (Å²) >= 11 is 0. The molecule has 0 saturated carbocycles. The lowest BCUT2D eigenvalue weighted by Gasteiger charge is -2.12. The summed E-state index contributed by atoms with van der Waals surface area (Å²) in [5, 5.41) is 4.79. The van der Waals surface area contributed by atoms with E-state index in [-0.39, 0.29) is 21.2 Å². The summed E-state index contributed by atoms with van der Waals surface area (Å²) in [6.45, 7) is 5.29. The third-order valence-electron chi connectivity index (χ3n) is 4.71. The third-order valence-corrected chi connectivity index (χ3v) is 7.40. The quantitative estimate of drug-likeness (QED) is 0.393. The Morgan fingerprint density at radius 3 is 1.23 bits per heavy atom. The summed E-state index contributed by atoms with van der Waals surface area (Å²) < 4.78 is 53.4. The summed E-state index contributed by atoms with van der Waals surface area (Å²) in [4.78, 5) is 24.5. The zero-order valence-corrected chi connectivity index (χ0v) is 20.7. The van der Waals surface area contributed by atoms with Gasteiger partial charge in [0.2, 0.25) is 0 Å². The van der Waals surface area contributed by atoms with Crippen molar-refractivity contribution >= 4 is 43.5 Å². The first kappa shape index (κ1) is 25.7. The van der Waals surface area contributed by atoms with Crippen LogP contribution in [0.4, 0.5) is 21.0 Å². The van der Waals surface area contributed by atoms with Crippen LogP contribution in [-0.2, 0) is 20.0 Å². The third kappa shape index (κ3) is 7.04. The highest BCUT2D eigenvalue weighted by Crippen LogP contribution is 2.19. The molecule has 0 aliphatic rings. The maximum absolute atomic E-state index is 12.4. The molecule has 3 aromatic carbocycles. The van der Waals surface area contributed by atoms with Gasteiger partial charge in [-0.1, -0.05) is 35.4 Å². The maximum Gasteiger partial charge on any atom is 0.333 e. The van der Waals surface area contributed by atoms with E-state index >= 15 is 0 Å². The second kappa shape index (κ2) is 10.2. The maximum atomic E-state index is 12.4. The monoisotopic (exact) mass is 516 g/mol. The second-order valence-electron chi connectivity index (χ2n) is 7.83. The van der Waals surface area contributed by atoms with Crippen LogP contribution in [0.2, 0.25) is 0 Å². The number of carbonyl (C=O) groups excluding carboxylic acids is 2. The minimum atomic E-state index is -4.09. The number of hydrogen-bond donors (Lipinski definition) is 4. The summed E-state index contributed by atoms with van der Waals surface area (Å²) in [5.41, 5.74) is 2.70. The Hall–Kier alpha value is -3.90. The first-order chi connectivity index (χ1) is 16.3. The number of amides is 4. The fourth-order valence-corrected chi connectivity index (χ4v) is 4.85. The molecule has 0 aromatic heterocycles. The van der Waals surface area contributed by atoms with Crippen LogP contribution in [0.3, 0.4) is 0 Å². The van der Waals surface area contributed by atoms with Gasteiger partial charge in [0, 0.05) is 11.4 Å². The van der Waals surface area contributed by atoms with E-state index in [1.54, 1.807) is 57.2 Å². The Bertz CT molecular complexity index is 1360. The van der Waals surface area contributed by atoms with E-state index < -0.39 is 32.1 Å². The Morgan fingerprint density at radius 1 is 0.543 bits per heavy atom. The van der Waals surface area contributed by atoms with E-state index in [9.17, 15) is 26.4 Å². The fourth-order valence-electron chi connectivity index (χ4n) is 3.04. The number of hydrogen-bond acceptors (Lipinski definition) is 6. The molecule has 0 fully saturated rings. The molecule has 0 atom stereocenters. The molecule has 4 amide bonds. The largest absolute Gasteiger partial charge is 0.333 e. The highest BCUT2D eigenvalue weighted by molar-refractivity contribution is 7.90. The van der Waals surface area contributed by atoms with Crippen molar-refractivity contribution in [2.45, 2.75) is 30.6 Å². The van der Waals surface area contributed by atoms with Crippen LogP contribution in [0.15, 0.2) is 76.5 Å². The topological polar surface area (TPSA) is 151 Å². The van der Waals surface area contributed by atoms with E-state index in [2.05, 4.69) is 10.6 Å². The summed E-state index contributed by atoms with van der Waals surface area (Å²) in [6.07, 6.45) is 0. The van der Waals surface area contributed by atoms with Crippen molar-refractivity contribution in [3.8, 4) is 0 Å². The van der Waals surface area contributed by atoms with Crippen LogP contribution in [0.25, 0.3) is 0 Å². The Balaban J connectivity index is 1.68. The molecule has 0 saturated heterocycles. The standard InChI is InChI=1S/C23H24N4O6S2/c1-15-4-8-20(9-5-15)34(30,31)26-22(28)24-18-12-17(3)13-19(14-18)25-23(29)27-35(32,33)21-10-6-16(2)7-11-21/h4-14H,1-3H3,(H2,24,26,28)(H2,25,27,29). The van der Waals surface area contributed by atoms with Crippen molar-refractivity contribution in [1.82, 2.24) is 9.44 Å². The Labute approximate surface area is 203 Å². The minimum Gasteiger partial charge on any atom is -0.307 e. The van der Waals surface area contributed by atoms with E-state index in [1.807, 2.05) is 9.44 Å². The molecule has 0 unspecified atom stereocenters. The lowest BCUT2D eigenvalue weighted by Crippen LogP contribution is -2.35. The number of urea groups is 2. The van der Waals surface area contributed by atoms with Crippen molar-refractivity contribution in [2.75, 3.05) is 10.6 Å². The molecule has 0 aliphatic carbocycles. The lowest BCUT2D eigenvalue weighted by molar-refractivity contribution is 0.255. The van der Waals surface area contributed by atoms with Crippen molar-refractivity contribution in [1.29, 1.82) is 0 Å². The van der Waals surface area contributed by atoms with Crippen LogP contribution < -0.4 is 20.1 Å². The first-order valence-electron chi connectivity index (χ1n) is 10.3. The van der Waals surface area contributed by atoms with Crippen LogP contribution in [0.1, 0.15) is 16.7 Å². The van der Waals surface area contributed by atoms with E-state index in [0.717, 1.165) is 11.1 Å². The molecule has 0 radical (unpaired) electrons. The van der Waals surface area contributed by atoms with Crippen molar-refractivity contribution in [3.05, 3.63) is 83.4 Å². The molecule has 3 rings (SSSR count). The molecule has 0 spiro atoms. The first-order valence-corrected chi connectivity index (χ1v) is 13.2. The average Bonchev–Trinajstić information content (AvgIpc) is 2.73. The summed E-state index contributed by atoms with van der Waals surface area (Å²) in [7, 11) is -8.19. The molecule has 0 bridgehead atoms. The zero-order chi connectivity index (χ0) is 25.8. The highest BCUT2D eigenvalue weighted by Gasteiger charge is 2.19. The van der Waals surface area contributed by atoms with Crippen LogP contribution >= 0.6 is 0 Å². The van der Waals surface area contributed by atoms with Gasteiger partial charge in [0.15, 0.2) is 0 Å². The molecular formula is C23H24N4O6S2. The number of benzene rings is 3. The van der Waals surface area contributed by atoms with Gasteiger partial charge in [0.25, 0.3) is 20.0 Å². The minimum absolute atomic E-state index is 0.0729. The molecule has 184 valence electrons. The smallest absolute Gasteiger partial charge is 0.307 e. The fraction of sp³-hybridized carbons (Fsp3) is 0.130. The molecule has 3 aromatic rings. The predicted molar refractivity (Wildman–Crippen MR) is 132 cm³/mol. The molecule has 35 heavy (non-hydrogen) atoms. The molecular weight excluding hydrogens is 492 g/mol. The van der Waals surface area contributed by atoms with E-state index in [4.69, 9.17) is 0 Å². The van der Waals surface area contributed by atoms with Gasteiger partial charge in [-0.25, -0.2) is 35.9 Å². The number of anilines is 2. The van der Waals surface area contributed by atoms with Gasteiger partial charge >= 0.3 is 12.1 Å². The zero-order valence-electron chi connectivity index (χ0n) is 19.1. The molecule has 0 aliphatic heterocycles. The van der Waals surface area contributed by atoms with Gasteiger partial charge in [-0.05, 0) is 68.8 Å². The Kier molecular flexibility index (Phi) is 7.46. The summed E-state index contributed by atoms with van der Waals surface area (Å²) in [5.74, 6) is 0. The van der Waals surface area contributed by atoms with Gasteiger partial charge in [-0.2, -0.15) is 0 Å². The highest BCUT2D eigenvalue weighted by atomic mass is 32.2. The molecule has 10 nitrogen and oxygen atoms in total. The van der Waals surface area contributed by atoms with Gasteiger partial charge < -0.3 is 10.6 Å². The van der Waals surface area contributed by atoms with E-state index in [0.29, 0.717) is 5.56 Å². The number of sulfonamides is 2. The predicted octanol–water partition coefficient (Wildman–Crippen LogP) is 3.63. The number of nitrogens with one attached hydrogen (secondary N) is 4. The van der Waals surface area contributed by atoms with Gasteiger partial charge in [0.1, 0.15) is 0 Å². The van der Waals surface area contributed by atoms with Gasteiger partial charge in [-0.3, -0.25) is 0 Å². The summed E-state index contributed by atoms with van der Waals surface area (Å²) in [6, 6.07) is 14.4. The van der Waals surface area contributed by atoms with Crippen molar-refractivity contribution in [2.24, 2.45) is 0 Å². The van der Waals surface area contributed by atoms with Gasteiger partial charge in [-0.15, -0.1) is 0 Å². The van der Waals surface area contributed by atoms with E-state index in [1.165, 1.54) is 30.3 Å². The Morgan fingerprint density at radius 2 is 0.886 bits per heavy atom. The van der Waals surface area contributed by atoms with Crippen molar-refractivity contribution in [3.63, 3.8) is 0 Å². The van der Waals surface area contributed by atoms with Crippen LogP contribution in [0, 0.1) is 20.8 Å². The number of carbonyl (C=O) groups is 2.